The molecule has 0 aliphatic carbocycles. The first-order chi connectivity index (χ1) is 19.0. The number of aromatic amines is 1. The van der Waals surface area contributed by atoms with E-state index >= 15 is 0 Å². The maximum absolute atomic E-state index is 12.1. The zero-order valence-electron chi connectivity index (χ0n) is 21.8. The molecule has 0 radical (unpaired) electrons. The van der Waals surface area contributed by atoms with E-state index in [0.717, 1.165) is 24.3 Å². The number of fused-ring (bicyclic) bond motifs is 1. The zero-order chi connectivity index (χ0) is 28.5. The highest BCUT2D eigenvalue weighted by atomic mass is 16.6. The third kappa shape index (κ3) is 11.7. The lowest BCUT2D eigenvalue weighted by atomic mass is 10.1. The summed E-state index contributed by atoms with van der Waals surface area (Å²) < 4.78 is 20.1. The first-order valence-electron chi connectivity index (χ1n) is 12.5. The number of oxime groups is 2. The summed E-state index contributed by atoms with van der Waals surface area (Å²) in [4.78, 5) is 45.7. The number of Topliss-reactive ketones (excluding diaryl/α,β-unsaturated/α-hetero) is 1. The number of aryl methyl sites for hydroxylation is 1. The van der Waals surface area contributed by atoms with E-state index < -0.39 is 11.2 Å². The van der Waals surface area contributed by atoms with Gasteiger partial charge in [0.25, 0.3) is 5.56 Å². The second-order valence-electron chi connectivity index (χ2n) is 8.29. The number of rotatable bonds is 3. The standard InChI is InChI=1S/C14H15N3O5.C5H9NO2.C5H8O2.CH4.H3NO/c1-2-8-7-10(18)21-13-11(8)12(19)15-14(16-13)22-17-9-3-5-20-6-4-9;7-6-5-1-3-8-4-2-5;6-5-1-3-7-4-2-5;;1-2/h7H,2-6H2,1H3,(H,15,16,19);7H,1-4H2;1-4H2;1H4;2H,1H2. The molecule has 3 aliphatic rings. The molecule has 15 heteroatoms. The third-order valence-corrected chi connectivity index (χ3v) is 5.65. The Hall–Kier alpha value is -3.50. The van der Waals surface area contributed by atoms with Crippen molar-refractivity contribution in [2.24, 2.45) is 16.2 Å². The number of aromatic nitrogens is 2. The number of ketones is 1. The monoisotopic (exact) mass is 569 g/mol. The van der Waals surface area contributed by atoms with Gasteiger partial charge in [-0.05, 0) is 12.0 Å². The van der Waals surface area contributed by atoms with E-state index in [4.69, 9.17) is 33.9 Å². The van der Waals surface area contributed by atoms with Crippen LogP contribution in [0.1, 0.15) is 58.4 Å². The largest absolute Gasteiger partial charge is 0.411 e. The fourth-order valence-corrected chi connectivity index (χ4v) is 3.56. The first-order valence-corrected chi connectivity index (χ1v) is 12.5. The van der Waals surface area contributed by atoms with E-state index in [0.29, 0.717) is 83.1 Å². The number of H-pyrrole nitrogens is 1. The molecule has 0 spiro atoms. The lowest BCUT2D eigenvalue weighted by molar-refractivity contribution is -0.124. The van der Waals surface area contributed by atoms with E-state index in [-0.39, 0.29) is 24.5 Å². The average molecular weight is 570 g/mol. The van der Waals surface area contributed by atoms with Crippen molar-refractivity contribution in [1.29, 1.82) is 0 Å². The molecule has 0 aromatic carbocycles. The molecule has 15 nitrogen and oxygen atoms in total. The summed E-state index contributed by atoms with van der Waals surface area (Å²) in [5.41, 5.74) is 1.25. The van der Waals surface area contributed by atoms with Crippen molar-refractivity contribution in [3.05, 3.63) is 32.4 Å². The minimum absolute atomic E-state index is 0. The molecule has 3 aliphatic heterocycles. The molecule has 5 N–H and O–H groups in total. The van der Waals surface area contributed by atoms with Crippen molar-refractivity contribution < 1.29 is 38.7 Å². The molecule has 224 valence electrons. The molecule has 2 aromatic rings. The van der Waals surface area contributed by atoms with Crippen LogP contribution >= 0.6 is 0 Å². The SMILES string of the molecule is C.CCc1cc(=O)oc2nc(ON=C3CCOCC3)[nH]c(=O)c12.NO.O=C1CCOCC1.ON=C1CCOCC1. The molecule has 0 amide bonds. The van der Waals surface area contributed by atoms with Crippen LogP contribution in [0, 0.1) is 0 Å². The Kier molecular flexibility index (Phi) is 16.9. The van der Waals surface area contributed by atoms with E-state index in [2.05, 4.69) is 26.2 Å². The molecule has 40 heavy (non-hydrogen) atoms. The molecule has 3 saturated heterocycles. The van der Waals surface area contributed by atoms with Gasteiger partial charge in [0.2, 0.25) is 5.71 Å². The summed E-state index contributed by atoms with van der Waals surface area (Å²) in [7, 11) is 0. The predicted octanol–water partition coefficient (Wildman–Crippen LogP) is 1.95. The Bertz CT molecular complexity index is 1200. The summed E-state index contributed by atoms with van der Waals surface area (Å²) in [6, 6.07) is 1.19. The summed E-state index contributed by atoms with van der Waals surface area (Å²) in [5.74, 6) is 3.84. The van der Waals surface area contributed by atoms with Crippen molar-refractivity contribution >= 4 is 28.3 Å². The lowest BCUT2D eigenvalue weighted by Crippen LogP contribution is -2.17. The first kappa shape index (κ1) is 34.5. The van der Waals surface area contributed by atoms with Gasteiger partial charge in [0.1, 0.15) is 11.2 Å². The summed E-state index contributed by atoms with van der Waals surface area (Å²) in [6.45, 7) is 5.73. The number of nitrogens with one attached hydrogen (secondary N) is 1. The van der Waals surface area contributed by atoms with Gasteiger partial charge in [0, 0.05) is 44.6 Å². The highest BCUT2D eigenvalue weighted by Gasteiger charge is 2.13. The lowest BCUT2D eigenvalue weighted by Gasteiger charge is -2.12. The fourth-order valence-electron chi connectivity index (χ4n) is 3.56. The zero-order valence-corrected chi connectivity index (χ0v) is 21.8. The molecular formula is C25H39N5O10. The van der Waals surface area contributed by atoms with Gasteiger partial charge in [-0.15, -0.1) is 0 Å². The molecule has 5 heterocycles. The van der Waals surface area contributed by atoms with Gasteiger partial charge in [-0.2, -0.15) is 4.98 Å². The minimum Gasteiger partial charge on any atom is -0.411 e. The quantitative estimate of drug-likeness (QED) is 0.308. The van der Waals surface area contributed by atoms with Crippen LogP contribution in [-0.2, 0) is 25.4 Å². The molecule has 0 bridgehead atoms. The maximum Gasteiger partial charge on any atom is 0.337 e. The number of hydrogen-bond donors (Lipinski definition) is 4. The minimum atomic E-state index is -0.552. The summed E-state index contributed by atoms with van der Waals surface area (Å²) >= 11 is 0. The van der Waals surface area contributed by atoms with E-state index in [1.807, 2.05) is 6.92 Å². The van der Waals surface area contributed by atoms with E-state index in [1.165, 1.54) is 6.07 Å². The number of hydrogen-bond acceptors (Lipinski definition) is 14. The molecule has 2 aromatic heterocycles. The Labute approximate surface area is 230 Å². The molecule has 3 fully saturated rings. The number of carbonyl (C=O) groups excluding carboxylic acids is 1. The van der Waals surface area contributed by atoms with Crippen LogP contribution < -0.4 is 21.9 Å². The number of ether oxygens (including phenoxy) is 3. The molecule has 0 saturated carbocycles. The Morgan fingerprint density at radius 2 is 1.45 bits per heavy atom. The number of nitrogens with zero attached hydrogens (tertiary/aromatic N) is 3. The van der Waals surface area contributed by atoms with Crippen LogP contribution in [0.4, 0.5) is 0 Å². The molecule has 0 atom stereocenters. The highest BCUT2D eigenvalue weighted by molar-refractivity contribution is 5.85. The number of carbonyl (C=O) groups is 1. The smallest absolute Gasteiger partial charge is 0.337 e. The van der Waals surface area contributed by atoms with Crippen LogP contribution in [0.2, 0.25) is 0 Å². The molecule has 5 rings (SSSR count). The van der Waals surface area contributed by atoms with E-state index in [1.54, 1.807) is 0 Å². The van der Waals surface area contributed by atoms with Crippen LogP contribution in [0.3, 0.4) is 0 Å². The Balaban J connectivity index is 0.000000364. The normalized spacial score (nSPS) is 16.5. The van der Waals surface area contributed by atoms with Crippen molar-refractivity contribution in [3.63, 3.8) is 0 Å². The van der Waals surface area contributed by atoms with Gasteiger partial charge in [0.05, 0.1) is 51.1 Å². The molecular weight excluding hydrogens is 530 g/mol. The van der Waals surface area contributed by atoms with Crippen LogP contribution in [0.15, 0.2) is 30.4 Å². The Morgan fingerprint density at radius 1 is 0.925 bits per heavy atom. The van der Waals surface area contributed by atoms with Crippen LogP contribution in [0.25, 0.3) is 11.1 Å². The maximum atomic E-state index is 12.1. The molecule has 0 unspecified atom stereocenters. The van der Waals surface area contributed by atoms with Crippen LogP contribution in [0.5, 0.6) is 6.01 Å². The van der Waals surface area contributed by atoms with Gasteiger partial charge in [0.15, 0.2) is 0 Å². The van der Waals surface area contributed by atoms with Crippen molar-refractivity contribution in [2.75, 3.05) is 39.6 Å². The summed E-state index contributed by atoms with van der Waals surface area (Å²) in [5, 5.41) is 22.0. The van der Waals surface area contributed by atoms with Gasteiger partial charge in [-0.1, -0.05) is 24.7 Å². The summed E-state index contributed by atoms with van der Waals surface area (Å²) in [6.07, 6.45) is 4.70. The fraction of sp³-hybridized carbons (Fsp3) is 0.600. The predicted molar refractivity (Wildman–Crippen MR) is 145 cm³/mol. The van der Waals surface area contributed by atoms with Gasteiger partial charge in [-0.3, -0.25) is 14.6 Å². The third-order valence-electron chi connectivity index (χ3n) is 5.65. The van der Waals surface area contributed by atoms with Gasteiger partial charge in [-0.25, -0.2) is 10.7 Å². The van der Waals surface area contributed by atoms with Crippen molar-refractivity contribution in [3.8, 4) is 6.01 Å². The van der Waals surface area contributed by atoms with Crippen molar-refractivity contribution in [2.45, 2.75) is 59.3 Å². The van der Waals surface area contributed by atoms with Crippen molar-refractivity contribution in [1.82, 2.24) is 9.97 Å². The van der Waals surface area contributed by atoms with Gasteiger partial charge >= 0.3 is 11.6 Å². The van der Waals surface area contributed by atoms with Gasteiger partial charge < -0.3 is 33.9 Å². The second-order valence-corrected chi connectivity index (χ2v) is 8.29. The topological polar surface area (TPSA) is 221 Å². The van der Waals surface area contributed by atoms with E-state index in [9.17, 15) is 14.4 Å². The Morgan fingerprint density at radius 3 is 1.90 bits per heavy atom. The highest BCUT2D eigenvalue weighted by Crippen LogP contribution is 2.14. The van der Waals surface area contributed by atoms with Crippen LogP contribution in [-0.4, -0.2) is 77.2 Å². The average Bonchev–Trinajstić information content (AvgIpc) is 2.98. The second kappa shape index (κ2) is 19.5. The number of nitrogens with two attached hydrogens (primary N) is 1.